The van der Waals surface area contributed by atoms with E-state index in [0.717, 1.165) is 23.7 Å². The van der Waals surface area contributed by atoms with Crippen molar-refractivity contribution in [3.8, 4) is 0 Å². The van der Waals surface area contributed by atoms with E-state index in [2.05, 4.69) is 40.7 Å². The molecule has 0 amide bonds. The second-order valence-corrected chi connectivity index (χ2v) is 14.4. The summed E-state index contributed by atoms with van der Waals surface area (Å²) in [6, 6.07) is 7.63. The number of fused-ring (bicyclic) bond motifs is 7. The van der Waals surface area contributed by atoms with Gasteiger partial charge in [-0.05, 0) is 132 Å². The second-order valence-electron chi connectivity index (χ2n) is 14.4. The SMILES string of the molecule is CC1C(c2ccc(C(=O)O)cc2)=CCC2(C)C1CCC1(C)C2CCC2[C@H]3CCCC3(C)CC[C@]21C. The zero-order valence-corrected chi connectivity index (χ0v) is 22.7. The van der Waals surface area contributed by atoms with Gasteiger partial charge in [0, 0.05) is 0 Å². The van der Waals surface area contributed by atoms with Crippen LogP contribution in [0.3, 0.4) is 0 Å². The molecule has 1 N–H and O–H groups in total. The Balaban J connectivity index is 1.32. The Morgan fingerprint density at radius 2 is 1.57 bits per heavy atom. The van der Waals surface area contributed by atoms with Crippen molar-refractivity contribution in [3.63, 3.8) is 0 Å². The first kappa shape index (κ1) is 23.8. The van der Waals surface area contributed by atoms with Crippen LogP contribution in [0.15, 0.2) is 30.3 Å². The molecule has 35 heavy (non-hydrogen) atoms. The normalized spacial score (nSPS) is 48.7. The molecule has 0 heterocycles. The van der Waals surface area contributed by atoms with Gasteiger partial charge in [-0.25, -0.2) is 4.79 Å². The number of rotatable bonds is 2. The average Bonchev–Trinajstić information content (AvgIpc) is 3.21. The van der Waals surface area contributed by atoms with E-state index in [4.69, 9.17) is 0 Å². The molecule has 9 atom stereocenters. The Labute approximate surface area is 213 Å². The molecule has 6 rings (SSSR count). The van der Waals surface area contributed by atoms with Crippen LogP contribution in [0, 0.1) is 51.2 Å². The summed E-state index contributed by atoms with van der Waals surface area (Å²) in [6.45, 7) is 13.2. The van der Waals surface area contributed by atoms with Crippen LogP contribution in [-0.2, 0) is 0 Å². The standard InChI is InChI=1S/C33H46O2/c1-21-24(22-8-10-23(11-9-22)29(34)35)14-17-31(3)25(21)15-18-33(5)28(31)13-12-27-26-7-6-16-30(26,2)19-20-32(27,33)4/h8-11,14,21,25-28H,6-7,12-13,15-20H2,1-5H3,(H,34,35)/t21?,25?,26-,27?,28?,30?,31?,32-,33?/m1/s1. The van der Waals surface area contributed by atoms with E-state index >= 15 is 0 Å². The predicted octanol–water partition coefficient (Wildman–Crippen LogP) is 8.86. The van der Waals surface area contributed by atoms with Crippen LogP contribution in [0.2, 0.25) is 0 Å². The predicted molar refractivity (Wildman–Crippen MR) is 143 cm³/mol. The summed E-state index contributed by atoms with van der Waals surface area (Å²) in [5.74, 6) is 3.13. The molecule has 4 saturated carbocycles. The van der Waals surface area contributed by atoms with Gasteiger partial charge in [0.25, 0.3) is 0 Å². The van der Waals surface area contributed by atoms with Gasteiger partial charge < -0.3 is 5.11 Å². The van der Waals surface area contributed by atoms with Crippen LogP contribution in [0.5, 0.6) is 0 Å². The average molecular weight is 475 g/mol. The van der Waals surface area contributed by atoms with Gasteiger partial charge in [-0.15, -0.1) is 0 Å². The molecule has 0 bridgehead atoms. The lowest BCUT2D eigenvalue weighted by Gasteiger charge is -2.71. The van der Waals surface area contributed by atoms with Crippen molar-refractivity contribution >= 4 is 11.5 Å². The molecule has 4 fully saturated rings. The van der Waals surface area contributed by atoms with E-state index in [-0.39, 0.29) is 0 Å². The summed E-state index contributed by atoms with van der Waals surface area (Å²) in [6.07, 6.45) is 16.7. The molecule has 1 aromatic rings. The molecular weight excluding hydrogens is 428 g/mol. The minimum absolute atomic E-state index is 0.376. The fourth-order valence-corrected chi connectivity index (χ4v) is 11.3. The molecule has 1 aromatic carbocycles. The number of carboxylic acid groups (broad SMARTS) is 1. The molecule has 5 aliphatic rings. The van der Waals surface area contributed by atoms with Gasteiger partial charge in [0.05, 0.1) is 5.56 Å². The Bertz CT molecular complexity index is 1050. The van der Waals surface area contributed by atoms with Crippen molar-refractivity contribution in [2.45, 2.75) is 98.8 Å². The molecule has 0 aliphatic heterocycles. The van der Waals surface area contributed by atoms with E-state index in [1.165, 1.54) is 75.3 Å². The fourth-order valence-electron chi connectivity index (χ4n) is 11.3. The van der Waals surface area contributed by atoms with Crippen molar-refractivity contribution in [3.05, 3.63) is 41.5 Å². The van der Waals surface area contributed by atoms with Gasteiger partial charge in [0.2, 0.25) is 0 Å². The summed E-state index contributed by atoms with van der Waals surface area (Å²) < 4.78 is 0. The summed E-state index contributed by atoms with van der Waals surface area (Å²) in [7, 11) is 0. The third kappa shape index (κ3) is 3.10. The molecule has 190 valence electrons. The maximum Gasteiger partial charge on any atom is 0.335 e. The number of benzene rings is 1. The zero-order valence-electron chi connectivity index (χ0n) is 22.7. The topological polar surface area (TPSA) is 37.3 Å². The van der Waals surface area contributed by atoms with Crippen LogP contribution in [0.25, 0.3) is 5.57 Å². The molecule has 0 aromatic heterocycles. The first-order valence-corrected chi connectivity index (χ1v) is 14.6. The molecule has 2 nitrogen and oxygen atoms in total. The van der Waals surface area contributed by atoms with Crippen LogP contribution in [0.1, 0.15) is 115 Å². The smallest absolute Gasteiger partial charge is 0.335 e. The maximum absolute atomic E-state index is 11.3. The quantitative estimate of drug-likeness (QED) is 0.465. The zero-order chi connectivity index (χ0) is 24.8. The number of carboxylic acids is 1. The molecule has 0 radical (unpaired) electrons. The highest BCUT2D eigenvalue weighted by atomic mass is 16.4. The highest BCUT2D eigenvalue weighted by molar-refractivity contribution is 5.88. The van der Waals surface area contributed by atoms with Crippen LogP contribution in [0.4, 0.5) is 0 Å². The summed E-state index contributed by atoms with van der Waals surface area (Å²) in [5, 5.41) is 9.31. The van der Waals surface area contributed by atoms with Gasteiger partial charge in [-0.2, -0.15) is 0 Å². The van der Waals surface area contributed by atoms with E-state index in [1.807, 2.05) is 12.1 Å². The van der Waals surface area contributed by atoms with Crippen LogP contribution in [-0.4, -0.2) is 11.1 Å². The lowest BCUT2D eigenvalue weighted by molar-refractivity contribution is -0.216. The lowest BCUT2D eigenvalue weighted by atomic mass is 9.33. The Morgan fingerprint density at radius 3 is 2.29 bits per heavy atom. The van der Waals surface area contributed by atoms with Crippen molar-refractivity contribution in [2.75, 3.05) is 0 Å². The lowest BCUT2D eigenvalue weighted by Crippen LogP contribution is -2.64. The molecule has 0 saturated heterocycles. The Morgan fingerprint density at radius 1 is 0.829 bits per heavy atom. The Hall–Kier alpha value is -1.57. The van der Waals surface area contributed by atoms with E-state index in [1.54, 1.807) is 12.1 Å². The second kappa shape index (κ2) is 7.72. The summed E-state index contributed by atoms with van der Waals surface area (Å²) in [4.78, 5) is 11.3. The minimum Gasteiger partial charge on any atom is -0.478 e. The number of allylic oxidation sites excluding steroid dienone is 2. The minimum atomic E-state index is -0.842. The molecule has 5 aliphatic carbocycles. The highest BCUT2D eigenvalue weighted by Crippen LogP contribution is 2.76. The fraction of sp³-hybridized carbons (Fsp3) is 0.727. The van der Waals surface area contributed by atoms with Gasteiger partial charge >= 0.3 is 5.97 Å². The molecule has 0 spiro atoms. The monoisotopic (exact) mass is 474 g/mol. The van der Waals surface area contributed by atoms with Crippen molar-refractivity contribution in [1.82, 2.24) is 0 Å². The van der Waals surface area contributed by atoms with Gasteiger partial charge in [-0.3, -0.25) is 0 Å². The Kier molecular flexibility index (Phi) is 5.25. The van der Waals surface area contributed by atoms with Crippen molar-refractivity contribution in [1.29, 1.82) is 0 Å². The molecule has 7 unspecified atom stereocenters. The highest BCUT2D eigenvalue weighted by Gasteiger charge is 2.67. The van der Waals surface area contributed by atoms with Gasteiger partial charge in [0.15, 0.2) is 0 Å². The molecular formula is C33H46O2. The van der Waals surface area contributed by atoms with E-state index in [9.17, 15) is 9.90 Å². The van der Waals surface area contributed by atoms with E-state index in [0.29, 0.717) is 33.1 Å². The van der Waals surface area contributed by atoms with Crippen LogP contribution < -0.4 is 0 Å². The third-order valence-electron chi connectivity index (χ3n) is 13.5. The van der Waals surface area contributed by atoms with Crippen molar-refractivity contribution < 1.29 is 9.90 Å². The third-order valence-corrected chi connectivity index (χ3v) is 13.5. The number of hydrogen-bond acceptors (Lipinski definition) is 1. The number of hydrogen-bond donors (Lipinski definition) is 1. The summed E-state index contributed by atoms with van der Waals surface area (Å²) >= 11 is 0. The first-order chi connectivity index (χ1) is 16.5. The van der Waals surface area contributed by atoms with Gasteiger partial charge in [-0.1, -0.05) is 59.2 Å². The van der Waals surface area contributed by atoms with Crippen LogP contribution >= 0.6 is 0 Å². The van der Waals surface area contributed by atoms with E-state index < -0.39 is 5.97 Å². The van der Waals surface area contributed by atoms with Crippen molar-refractivity contribution in [2.24, 2.45) is 51.2 Å². The molecule has 2 heteroatoms. The maximum atomic E-state index is 11.3. The number of carbonyl (C=O) groups is 1. The largest absolute Gasteiger partial charge is 0.478 e. The first-order valence-electron chi connectivity index (χ1n) is 14.6. The summed E-state index contributed by atoms with van der Waals surface area (Å²) in [5.41, 5.74) is 5.02. The van der Waals surface area contributed by atoms with Gasteiger partial charge in [0.1, 0.15) is 0 Å². The number of aromatic carboxylic acids is 1.